The summed E-state index contributed by atoms with van der Waals surface area (Å²) >= 11 is 5.88. The molecule has 0 unspecified atom stereocenters. The Kier molecular flexibility index (Phi) is 6.16. The van der Waals surface area contributed by atoms with Gasteiger partial charge in [-0.25, -0.2) is 4.39 Å². The number of hydrogen-bond donors (Lipinski definition) is 0. The van der Waals surface area contributed by atoms with Crippen molar-refractivity contribution in [2.75, 3.05) is 6.54 Å². The van der Waals surface area contributed by atoms with Crippen LogP contribution in [-0.2, 0) is 0 Å². The lowest BCUT2D eigenvalue weighted by atomic mass is 10.2. The monoisotopic (exact) mass is 317 g/mol. The fourth-order valence-electron chi connectivity index (χ4n) is 1.75. The molecule has 0 N–H and O–H groups in total. The van der Waals surface area contributed by atoms with E-state index in [0.29, 0.717) is 18.1 Å². The molecule has 114 valence electrons. The van der Waals surface area contributed by atoms with Crippen molar-refractivity contribution in [1.82, 2.24) is 0 Å². The summed E-state index contributed by atoms with van der Waals surface area (Å²) in [6.45, 7) is 2.55. The maximum absolute atomic E-state index is 12.9. The first-order chi connectivity index (χ1) is 10.7. The Balaban J connectivity index is 1.92. The first-order valence-electron chi connectivity index (χ1n) is 7.06. The number of furan rings is 1. The van der Waals surface area contributed by atoms with Crippen LogP contribution >= 0.6 is 11.6 Å². The zero-order valence-corrected chi connectivity index (χ0v) is 13.1. The number of allylic oxidation sites excluding steroid dienone is 3. The van der Waals surface area contributed by atoms with Gasteiger partial charge in [-0.1, -0.05) is 30.7 Å². The van der Waals surface area contributed by atoms with Crippen LogP contribution in [0, 0.1) is 5.82 Å². The van der Waals surface area contributed by atoms with E-state index in [1.807, 2.05) is 37.3 Å². The Morgan fingerprint density at radius 2 is 2.00 bits per heavy atom. The first-order valence-corrected chi connectivity index (χ1v) is 7.43. The Hall–Kier alpha value is -2.13. The van der Waals surface area contributed by atoms with Crippen molar-refractivity contribution >= 4 is 17.8 Å². The topological polar surface area (TPSA) is 25.5 Å². The fraction of sp³-hybridized carbons (Fsp3) is 0.167. The number of halogens is 2. The predicted octanol–water partition coefficient (Wildman–Crippen LogP) is 5.59. The van der Waals surface area contributed by atoms with Crippen LogP contribution in [0.25, 0.3) is 11.3 Å². The van der Waals surface area contributed by atoms with E-state index in [0.717, 1.165) is 17.0 Å². The minimum absolute atomic E-state index is 0.263. The van der Waals surface area contributed by atoms with E-state index in [1.54, 1.807) is 18.3 Å². The van der Waals surface area contributed by atoms with Gasteiger partial charge < -0.3 is 4.42 Å². The predicted molar refractivity (Wildman–Crippen MR) is 89.9 cm³/mol. The second-order valence-corrected chi connectivity index (χ2v) is 5.08. The van der Waals surface area contributed by atoms with Crippen LogP contribution in [0.3, 0.4) is 0 Å². The second-order valence-electron chi connectivity index (χ2n) is 4.60. The van der Waals surface area contributed by atoms with Crippen LogP contribution < -0.4 is 0 Å². The summed E-state index contributed by atoms with van der Waals surface area (Å²) in [5, 5.41) is 0.815. The zero-order chi connectivity index (χ0) is 15.8. The normalized spacial score (nSPS) is 12.6. The van der Waals surface area contributed by atoms with Gasteiger partial charge >= 0.3 is 0 Å². The Morgan fingerprint density at radius 3 is 2.73 bits per heavy atom. The van der Waals surface area contributed by atoms with E-state index in [2.05, 4.69) is 4.99 Å². The largest absolute Gasteiger partial charge is 0.455 e. The van der Waals surface area contributed by atoms with E-state index < -0.39 is 0 Å². The fourth-order valence-corrected chi connectivity index (χ4v) is 1.82. The van der Waals surface area contributed by atoms with Gasteiger partial charge in [0.15, 0.2) is 0 Å². The molecule has 22 heavy (non-hydrogen) atoms. The van der Waals surface area contributed by atoms with Crippen molar-refractivity contribution in [2.45, 2.75) is 13.3 Å². The molecule has 0 fully saturated rings. The van der Waals surface area contributed by atoms with Crippen molar-refractivity contribution in [3.8, 4) is 11.3 Å². The molecule has 1 heterocycles. The van der Waals surface area contributed by atoms with Gasteiger partial charge in [-0.3, -0.25) is 4.99 Å². The maximum atomic E-state index is 12.9. The van der Waals surface area contributed by atoms with Crippen LogP contribution in [0.5, 0.6) is 0 Å². The molecule has 0 saturated carbocycles. The molecule has 0 radical (unpaired) electrons. The highest BCUT2D eigenvalue weighted by Crippen LogP contribution is 2.21. The molecule has 0 aliphatic heterocycles. The lowest BCUT2D eigenvalue weighted by Gasteiger charge is -1.95. The summed E-state index contributed by atoms with van der Waals surface area (Å²) in [4.78, 5) is 4.25. The number of hydrogen-bond acceptors (Lipinski definition) is 2. The molecule has 4 heteroatoms. The van der Waals surface area contributed by atoms with Crippen LogP contribution in [0.1, 0.15) is 19.1 Å². The molecule has 0 atom stereocenters. The highest BCUT2D eigenvalue weighted by Gasteiger charge is 2.03. The van der Waals surface area contributed by atoms with E-state index in [-0.39, 0.29) is 5.82 Å². The van der Waals surface area contributed by atoms with Crippen molar-refractivity contribution in [2.24, 2.45) is 4.99 Å². The van der Waals surface area contributed by atoms with Gasteiger partial charge in [0.2, 0.25) is 0 Å². The summed E-state index contributed by atoms with van der Waals surface area (Å²) in [7, 11) is 0. The molecule has 1 aromatic carbocycles. The van der Waals surface area contributed by atoms with Gasteiger partial charge in [-0.15, -0.1) is 0 Å². The second kappa shape index (κ2) is 8.35. The number of benzene rings is 1. The Morgan fingerprint density at radius 1 is 1.23 bits per heavy atom. The SMILES string of the molecule is CC/C(Cl)=C\C=C/CN=Cc1ccc(-c2ccc(F)cc2)o1. The minimum atomic E-state index is -0.263. The molecule has 0 spiro atoms. The lowest BCUT2D eigenvalue weighted by Crippen LogP contribution is -1.78. The molecule has 0 bridgehead atoms. The standard InChI is InChI=1S/C18H17ClFNO/c1-2-15(19)5-3-4-12-21-13-17-10-11-18(22-17)14-6-8-16(20)9-7-14/h3-11,13H,2,12H2,1H3/b4-3-,15-5+,21-13?. The summed E-state index contributed by atoms with van der Waals surface area (Å²) in [6, 6.07) is 9.86. The molecule has 1 aromatic heterocycles. The molecule has 2 aromatic rings. The van der Waals surface area contributed by atoms with Gasteiger partial charge in [0.1, 0.15) is 17.3 Å². The van der Waals surface area contributed by atoms with Gasteiger partial charge in [-0.2, -0.15) is 0 Å². The zero-order valence-electron chi connectivity index (χ0n) is 12.3. The molecule has 0 saturated heterocycles. The van der Waals surface area contributed by atoms with E-state index >= 15 is 0 Å². The first kappa shape index (κ1) is 16.2. The molecule has 0 aliphatic rings. The maximum Gasteiger partial charge on any atom is 0.145 e. The molecule has 0 aliphatic carbocycles. The number of nitrogens with zero attached hydrogens (tertiary/aromatic N) is 1. The van der Waals surface area contributed by atoms with Crippen molar-refractivity contribution < 1.29 is 8.81 Å². The van der Waals surface area contributed by atoms with Crippen molar-refractivity contribution in [3.05, 3.63) is 71.2 Å². The number of aliphatic imine (C=N–C) groups is 1. The lowest BCUT2D eigenvalue weighted by molar-refractivity contribution is 0.574. The van der Waals surface area contributed by atoms with Crippen LogP contribution in [0.15, 0.2) is 69.1 Å². The van der Waals surface area contributed by atoms with Gasteiger partial charge in [-0.05, 0) is 48.9 Å². The Labute approximate surface area is 134 Å². The summed E-state index contributed by atoms with van der Waals surface area (Å²) < 4.78 is 18.5. The molecular weight excluding hydrogens is 301 g/mol. The molecular formula is C18H17ClFNO. The average Bonchev–Trinajstić information content (AvgIpc) is 3.00. The minimum Gasteiger partial charge on any atom is -0.455 e. The summed E-state index contributed by atoms with van der Waals surface area (Å²) in [6.07, 6.45) is 8.15. The quantitative estimate of drug-likeness (QED) is 0.503. The van der Waals surface area contributed by atoms with Crippen molar-refractivity contribution in [1.29, 1.82) is 0 Å². The van der Waals surface area contributed by atoms with Crippen LogP contribution in [0.4, 0.5) is 4.39 Å². The Bertz CT molecular complexity index is 683. The highest BCUT2D eigenvalue weighted by atomic mass is 35.5. The molecule has 2 nitrogen and oxygen atoms in total. The van der Waals surface area contributed by atoms with Crippen LogP contribution in [0.2, 0.25) is 0 Å². The molecule has 2 rings (SSSR count). The molecule has 0 amide bonds. The van der Waals surface area contributed by atoms with E-state index in [1.165, 1.54) is 12.1 Å². The van der Waals surface area contributed by atoms with E-state index in [9.17, 15) is 4.39 Å². The van der Waals surface area contributed by atoms with Gasteiger partial charge in [0.05, 0.1) is 12.8 Å². The average molecular weight is 318 g/mol. The van der Waals surface area contributed by atoms with Crippen molar-refractivity contribution in [3.63, 3.8) is 0 Å². The number of rotatable bonds is 6. The summed E-state index contributed by atoms with van der Waals surface area (Å²) in [5.41, 5.74) is 0.834. The highest BCUT2D eigenvalue weighted by molar-refractivity contribution is 6.29. The smallest absolute Gasteiger partial charge is 0.145 e. The van der Waals surface area contributed by atoms with E-state index in [4.69, 9.17) is 16.0 Å². The third-order valence-corrected chi connectivity index (χ3v) is 3.33. The third-order valence-electron chi connectivity index (χ3n) is 2.94. The van der Waals surface area contributed by atoms with Crippen LogP contribution in [-0.4, -0.2) is 12.8 Å². The van der Waals surface area contributed by atoms with Gasteiger partial charge in [0, 0.05) is 10.6 Å². The van der Waals surface area contributed by atoms with Gasteiger partial charge in [0.25, 0.3) is 0 Å². The summed E-state index contributed by atoms with van der Waals surface area (Å²) in [5.74, 6) is 1.09. The third kappa shape index (κ3) is 5.01.